The molecule has 3 aromatic rings. The maximum atomic E-state index is 13.4. The molecular weight excluding hydrogens is 456 g/mol. The van der Waals surface area contributed by atoms with Gasteiger partial charge in [-0.2, -0.15) is 0 Å². The van der Waals surface area contributed by atoms with Crippen LogP contribution in [0.1, 0.15) is 27.0 Å². The highest BCUT2D eigenvalue weighted by atomic mass is 127. The Bertz CT molecular complexity index is 915. The standard InChI is InChI=1S/C22H19FINO2/c23-19-10-11-21(24)20(12-19)22(26)25-13-17-8-4-5-9-18(17)15-27-14-16-6-2-1-3-7-16/h1-12H,13-15H2,(H,25,26). The molecule has 0 aliphatic rings. The third-order valence-corrected chi connectivity index (χ3v) is 5.04. The van der Waals surface area contributed by atoms with Gasteiger partial charge in [-0.25, -0.2) is 4.39 Å². The average Bonchev–Trinajstić information content (AvgIpc) is 2.69. The molecule has 0 bridgehead atoms. The van der Waals surface area contributed by atoms with Crippen molar-refractivity contribution in [3.8, 4) is 0 Å². The molecule has 0 spiro atoms. The first-order valence-corrected chi connectivity index (χ1v) is 9.63. The van der Waals surface area contributed by atoms with E-state index in [0.717, 1.165) is 16.7 Å². The van der Waals surface area contributed by atoms with Gasteiger partial charge in [-0.3, -0.25) is 4.79 Å². The molecule has 5 heteroatoms. The molecule has 1 N–H and O–H groups in total. The van der Waals surface area contributed by atoms with Gasteiger partial charge >= 0.3 is 0 Å². The summed E-state index contributed by atoms with van der Waals surface area (Å²) in [5.74, 6) is -0.714. The second kappa shape index (κ2) is 9.62. The molecule has 0 radical (unpaired) electrons. The summed E-state index contributed by atoms with van der Waals surface area (Å²) < 4.78 is 19.9. The van der Waals surface area contributed by atoms with Crippen molar-refractivity contribution in [2.45, 2.75) is 19.8 Å². The summed E-state index contributed by atoms with van der Waals surface area (Å²) in [5, 5.41) is 2.87. The van der Waals surface area contributed by atoms with Crippen LogP contribution in [0.3, 0.4) is 0 Å². The number of carbonyl (C=O) groups is 1. The number of hydrogen-bond donors (Lipinski definition) is 1. The summed E-state index contributed by atoms with van der Waals surface area (Å²) in [7, 11) is 0. The third kappa shape index (κ3) is 5.61. The van der Waals surface area contributed by atoms with Gasteiger partial charge in [-0.05, 0) is 57.5 Å². The van der Waals surface area contributed by atoms with Crippen molar-refractivity contribution in [3.05, 3.63) is 104 Å². The van der Waals surface area contributed by atoms with Crippen LogP contribution in [-0.4, -0.2) is 5.91 Å². The Balaban J connectivity index is 1.60. The van der Waals surface area contributed by atoms with E-state index in [0.29, 0.717) is 28.9 Å². The van der Waals surface area contributed by atoms with Crippen molar-refractivity contribution < 1.29 is 13.9 Å². The number of hydrogen-bond acceptors (Lipinski definition) is 2. The number of nitrogens with one attached hydrogen (secondary N) is 1. The fourth-order valence-corrected chi connectivity index (χ4v) is 3.25. The highest BCUT2D eigenvalue weighted by Crippen LogP contribution is 2.15. The van der Waals surface area contributed by atoms with Crippen LogP contribution in [0.2, 0.25) is 0 Å². The maximum Gasteiger partial charge on any atom is 0.252 e. The number of rotatable bonds is 7. The second-order valence-electron chi connectivity index (χ2n) is 6.05. The summed E-state index contributed by atoms with van der Waals surface area (Å²) in [4.78, 5) is 12.4. The first-order chi connectivity index (χ1) is 13.1. The summed E-state index contributed by atoms with van der Waals surface area (Å²) in [5.41, 5.74) is 3.45. The Kier molecular flexibility index (Phi) is 6.95. The van der Waals surface area contributed by atoms with Gasteiger partial charge in [-0.1, -0.05) is 54.6 Å². The van der Waals surface area contributed by atoms with Crippen LogP contribution >= 0.6 is 22.6 Å². The molecule has 0 atom stereocenters. The first-order valence-electron chi connectivity index (χ1n) is 8.55. The van der Waals surface area contributed by atoms with Gasteiger partial charge in [0.15, 0.2) is 0 Å². The second-order valence-corrected chi connectivity index (χ2v) is 7.22. The molecule has 0 saturated carbocycles. The van der Waals surface area contributed by atoms with Crippen molar-refractivity contribution in [1.29, 1.82) is 0 Å². The van der Waals surface area contributed by atoms with E-state index in [2.05, 4.69) is 5.32 Å². The lowest BCUT2D eigenvalue weighted by molar-refractivity contribution is 0.0946. The van der Waals surface area contributed by atoms with E-state index >= 15 is 0 Å². The van der Waals surface area contributed by atoms with Crippen LogP contribution in [0, 0.1) is 9.39 Å². The van der Waals surface area contributed by atoms with Crippen LogP contribution in [0.25, 0.3) is 0 Å². The minimum Gasteiger partial charge on any atom is -0.372 e. The van der Waals surface area contributed by atoms with Crippen molar-refractivity contribution in [2.75, 3.05) is 0 Å². The molecule has 3 rings (SSSR count). The summed E-state index contributed by atoms with van der Waals surface area (Å²) >= 11 is 2.03. The van der Waals surface area contributed by atoms with Gasteiger partial charge in [-0.15, -0.1) is 0 Å². The zero-order valence-electron chi connectivity index (χ0n) is 14.6. The molecule has 27 heavy (non-hydrogen) atoms. The number of amides is 1. The quantitative estimate of drug-likeness (QED) is 0.485. The zero-order chi connectivity index (χ0) is 19.1. The maximum absolute atomic E-state index is 13.4. The monoisotopic (exact) mass is 475 g/mol. The topological polar surface area (TPSA) is 38.3 Å². The van der Waals surface area contributed by atoms with E-state index in [9.17, 15) is 9.18 Å². The van der Waals surface area contributed by atoms with E-state index in [4.69, 9.17) is 4.74 Å². The molecular formula is C22H19FINO2. The van der Waals surface area contributed by atoms with Gasteiger partial charge in [0.1, 0.15) is 5.82 Å². The summed E-state index contributed by atoms with van der Waals surface area (Å²) in [6.45, 7) is 1.34. The fourth-order valence-electron chi connectivity index (χ4n) is 2.67. The van der Waals surface area contributed by atoms with E-state index in [-0.39, 0.29) is 5.91 Å². The third-order valence-electron chi connectivity index (χ3n) is 4.10. The molecule has 3 nitrogen and oxygen atoms in total. The highest BCUT2D eigenvalue weighted by Gasteiger charge is 2.12. The van der Waals surface area contributed by atoms with E-state index in [1.54, 1.807) is 6.07 Å². The molecule has 0 aliphatic heterocycles. The fraction of sp³-hybridized carbons (Fsp3) is 0.136. The average molecular weight is 475 g/mol. The van der Waals surface area contributed by atoms with Crippen LogP contribution in [0.15, 0.2) is 72.8 Å². The summed E-state index contributed by atoms with van der Waals surface area (Å²) in [6.07, 6.45) is 0. The lowest BCUT2D eigenvalue weighted by Crippen LogP contribution is -2.24. The van der Waals surface area contributed by atoms with Gasteiger partial charge in [0.05, 0.1) is 18.8 Å². The number of carbonyl (C=O) groups excluding carboxylic acids is 1. The van der Waals surface area contributed by atoms with Gasteiger partial charge < -0.3 is 10.1 Å². The predicted octanol–water partition coefficient (Wildman–Crippen LogP) is 5.08. The number of ether oxygens (including phenoxy) is 1. The van der Waals surface area contributed by atoms with E-state index in [1.807, 2.05) is 77.2 Å². The minimum absolute atomic E-state index is 0.293. The molecule has 0 fully saturated rings. The van der Waals surface area contributed by atoms with Gasteiger partial charge in [0.2, 0.25) is 0 Å². The largest absolute Gasteiger partial charge is 0.372 e. The van der Waals surface area contributed by atoms with Crippen LogP contribution < -0.4 is 5.32 Å². The lowest BCUT2D eigenvalue weighted by Gasteiger charge is -2.12. The van der Waals surface area contributed by atoms with Gasteiger partial charge in [0, 0.05) is 10.1 Å². The lowest BCUT2D eigenvalue weighted by atomic mass is 10.1. The van der Waals surface area contributed by atoms with E-state index in [1.165, 1.54) is 12.1 Å². The Morgan fingerprint density at radius 3 is 2.41 bits per heavy atom. The SMILES string of the molecule is O=C(NCc1ccccc1COCc1ccccc1)c1cc(F)ccc1I. The number of benzene rings is 3. The van der Waals surface area contributed by atoms with Crippen molar-refractivity contribution in [3.63, 3.8) is 0 Å². The highest BCUT2D eigenvalue weighted by molar-refractivity contribution is 14.1. The Hall–Kier alpha value is -2.25. The molecule has 0 aliphatic carbocycles. The molecule has 0 unspecified atom stereocenters. The zero-order valence-corrected chi connectivity index (χ0v) is 16.8. The Morgan fingerprint density at radius 1 is 0.926 bits per heavy atom. The van der Waals surface area contributed by atoms with E-state index < -0.39 is 5.82 Å². The Labute approximate surface area is 171 Å². The Morgan fingerprint density at radius 2 is 1.63 bits per heavy atom. The molecule has 138 valence electrons. The predicted molar refractivity (Wildman–Crippen MR) is 112 cm³/mol. The van der Waals surface area contributed by atoms with Gasteiger partial charge in [0.25, 0.3) is 5.91 Å². The molecule has 0 heterocycles. The molecule has 1 amide bonds. The smallest absolute Gasteiger partial charge is 0.252 e. The first kappa shape index (κ1) is 19.5. The van der Waals surface area contributed by atoms with Crippen molar-refractivity contribution >= 4 is 28.5 Å². The molecule has 0 aromatic heterocycles. The van der Waals surface area contributed by atoms with Crippen LogP contribution in [0.4, 0.5) is 4.39 Å². The van der Waals surface area contributed by atoms with Crippen LogP contribution in [-0.2, 0) is 24.5 Å². The van der Waals surface area contributed by atoms with Crippen molar-refractivity contribution in [1.82, 2.24) is 5.32 Å². The number of halogens is 2. The molecule has 3 aromatic carbocycles. The minimum atomic E-state index is -0.421. The van der Waals surface area contributed by atoms with Crippen LogP contribution in [0.5, 0.6) is 0 Å². The normalized spacial score (nSPS) is 10.6. The van der Waals surface area contributed by atoms with Crippen molar-refractivity contribution in [2.24, 2.45) is 0 Å². The molecule has 0 saturated heterocycles. The summed E-state index contributed by atoms with van der Waals surface area (Å²) in [6, 6.07) is 22.0.